The highest BCUT2D eigenvalue weighted by Crippen LogP contribution is 2.33. The van der Waals surface area contributed by atoms with Gasteiger partial charge in [-0.05, 0) is 18.2 Å². The molecule has 19 heavy (non-hydrogen) atoms. The maximum atomic E-state index is 12.5. The molecule has 0 bridgehead atoms. The lowest BCUT2D eigenvalue weighted by atomic mass is 10.1. The topological polar surface area (TPSA) is 63.4 Å². The predicted molar refractivity (Wildman–Crippen MR) is 68.8 cm³/mol. The van der Waals surface area contributed by atoms with Crippen LogP contribution in [0.25, 0.3) is 0 Å². The van der Waals surface area contributed by atoms with Crippen molar-refractivity contribution in [2.75, 3.05) is 36.2 Å². The van der Waals surface area contributed by atoms with E-state index in [9.17, 15) is 21.6 Å². The van der Waals surface area contributed by atoms with E-state index < -0.39 is 21.6 Å². The van der Waals surface area contributed by atoms with Gasteiger partial charge in [0.25, 0.3) is 0 Å². The van der Waals surface area contributed by atoms with Crippen LogP contribution in [0.15, 0.2) is 18.2 Å². The molecule has 1 aromatic carbocycles. The van der Waals surface area contributed by atoms with E-state index in [1.54, 1.807) is 7.05 Å². The van der Waals surface area contributed by atoms with Gasteiger partial charge in [-0.15, -0.1) is 0 Å². The number of sulfone groups is 1. The van der Waals surface area contributed by atoms with Crippen molar-refractivity contribution in [3.05, 3.63) is 23.8 Å². The summed E-state index contributed by atoms with van der Waals surface area (Å²) in [5, 5.41) is 0. The Morgan fingerprint density at radius 2 is 1.89 bits per heavy atom. The van der Waals surface area contributed by atoms with Crippen LogP contribution < -0.4 is 10.6 Å². The van der Waals surface area contributed by atoms with Crippen molar-refractivity contribution in [3.8, 4) is 0 Å². The third-order valence-electron chi connectivity index (χ3n) is 2.56. The largest absolute Gasteiger partial charge is 0.416 e. The fourth-order valence-electron chi connectivity index (χ4n) is 1.50. The van der Waals surface area contributed by atoms with Gasteiger partial charge in [-0.3, -0.25) is 0 Å². The molecular formula is C11H15F3N2O2S. The number of hydrogen-bond donors (Lipinski definition) is 1. The zero-order chi connectivity index (χ0) is 14.8. The monoisotopic (exact) mass is 296 g/mol. The van der Waals surface area contributed by atoms with Crippen molar-refractivity contribution in [1.82, 2.24) is 0 Å². The lowest BCUT2D eigenvalue weighted by Gasteiger charge is -2.21. The highest BCUT2D eigenvalue weighted by atomic mass is 32.2. The summed E-state index contributed by atoms with van der Waals surface area (Å²) in [7, 11) is -1.56. The molecule has 0 fully saturated rings. The molecular weight excluding hydrogens is 281 g/mol. The molecule has 0 aliphatic rings. The minimum Gasteiger partial charge on any atom is -0.397 e. The number of rotatable bonds is 4. The lowest BCUT2D eigenvalue weighted by molar-refractivity contribution is -0.137. The van der Waals surface area contributed by atoms with Gasteiger partial charge in [0.1, 0.15) is 9.84 Å². The highest BCUT2D eigenvalue weighted by molar-refractivity contribution is 7.90. The molecule has 1 rings (SSSR count). The van der Waals surface area contributed by atoms with Crippen LogP contribution >= 0.6 is 0 Å². The fourth-order valence-corrected chi connectivity index (χ4v) is 2.11. The minimum absolute atomic E-state index is 0.0363. The number of benzene rings is 1. The van der Waals surface area contributed by atoms with Crippen LogP contribution in [0.1, 0.15) is 5.56 Å². The summed E-state index contributed by atoms with van der Waals surface area (Å²) in [6, 6.07) is 3.00. The number of alkyl halides is 3. The summed E-state index contributed by atoms with van der Waals surface area (Å²) in [5.74, 6) is -0.0933. The molecule has 0 atom stereocenters. The lowest BCUT2D eigenvalue weighted by Crippen LogP contribution is -2.25. The SMILES string of the molecule is CN(CCS(C)(=O)=O)c1ccc(C(F)(F)F)cc1N. The van der Waals surface area contributed by atoms with Crippen molar-refractivity contribution in [1.29, 1.82) is 0 Å². The summed E-state index contributed by atoms with van der Waals surface area (Å²) in [6.07, 6.45) is -3.35. The smallest absolute Gasteiger partial charge is 0.397 e. The molecule has 8 heteroatoms. The molecule has 0 radical (unpaired) electrons. The third-order valence-corrected chi connectivity index (χ3v) is 3.49. The van der Waals surface area contributed by atoms with Gasteiger partial charge in [0.2, 0.25) is 0 Å². The Kier molecular flexibility index (Phi) is 4.34. The van der Waals surface area contributed by atoms with E-state index in [1.807, 2.05) is 0 Å². The van der Waals surface area contributed by atoms with Crippen molar-refractivity contribution in [2.24, 2.45) is 0 Å². The van der Waals surface area contributed by atoms with Crippen molar-refractivity contribution in [2.45, 2.75) is 6.18 Å². The molecule has 108 valence electrons. The average Bonchev–Trinajstić information content (AvgIpc) is 2.23. The van der Waals surface area contributed by atoms with Gasteiger partial charge >= 0.3 is 6.18 Å². The van der Waals surface area contributed by atoms with Crippen LogP contribution in [0.2, 0.25) is 0 Å². The summed E-state index contributed by atoms with van der Waals surface area (Å²) >= 11 is 0. The highest BCUT2D eigenvalue weighted by Gasteiger charge is 2.31. The Morgan fingerprint density at radius 1 is 1.32 bits per heavy atom. The first-order valence-corrected chi connectivity index (χ1v) is 7.42. The summed E-state index contributed by atoms with van der Waals surface area (Å²) < 4.78 is 59.4. The number of halogens is 3. The van der Waals surface area contributed by atoms with Crippen LogP contribution in [-0.4, -0.2) is 34.0 Å². The maximum absolute atomic E-state index is 12.5. The summed E-state index contributed by atoms with van der Waals surface area (Å²) in [6.45, 7) is 0.161. The first-order valence-electron chi connectivity index (χ1n) is 5.36. The number of nitrogens with zero attached hydrogens (tertiary/aromatic N) is 1. The molecule has 0 aliphatic heterocycles. The molecule has 2 N–H and O–H groups in total. The summed E-state index contributed by atoms with van der Waals surface area (Å²) in [5.41, 5.74) is 5.07. The quantitative estimate of drug-likeness (QED) is 0.860. The van der Waals surface area contributed by atoms with Gasteiger partial charge in [-0.2, -0.15) is 13.2 Å². The molecule has 0 saturated carbocycles. The van der Waals surface area contributed by atoms with Crippen LogP contribution in [0.5, 0.6) is 0 Å². The van der Waals surface area contributed by atoms with E-state index in [0.717, 1.165) is 18.4 Å². The van der Waals surface area contributed by atoms with Gasteiger partial charge in [-0.25, -0.2) is 8.42 Å². The number of nitrogens with two attached hydrogens (primary N) is 1. The van der Waals surface area contributed by atoms with E-state index in [0.29, 0.717) is 5.69 Å². The first kappa shape index (κ1) is 15.6. The zero-order valence-corrected chi connectivity index (χ0v) is 11.3. The predicted octanol–water partition coefficient (Wildman–Crippen LogP) is 1.77. The van der Waals surface area contributed by atoms with Gasteiger partial charge < -0.3 is 10.6 Å². The van der Waals surface area contributed by atoms with E-state index >= 15 is 0 Å². The van der Waals surface area contributed by atoms with E-state index in [1.165, 1.54) is 11.0 Å². The second kappa shape index (κ2) is 5.28. The van der Waals surface area contributed by atoms with Crippen molar-refractivity contribution in [3.63, 3.8) is 0 Å². The second-order valence-electron chi connectivity index (χ2n) is 4.32. The van der Waals surface area contributed by atoms with E-state index in [4.69, 9.17) is 5.73 Å². The second-order valence-corrected chi connectivity index (χ2v) is 6.58. The minimum atomic E-state index is -4.45. The molecule has 0 saturated heterocycles. The Morgan fingerprint density at radius 3 is 2.32 bits per heavy atom. The maximum Gasteiger partial charge on any atom is 0.416 e. The Labute approximate surface area is 109 Å². The third kappa shape index (κ3) is 4.62. The molecule has 0 aromatic heterocycles. The standard InChI is InChI=1S/C11H15F3N2O2S/c1-16(5-6-19(2,17)18)10-4-3-8(7-9(10)15)11(12,13)14/h3-4,7H,5-6,15H2,1-2H3. The van der Waals surface area contributed by atoms with Crippen LogP contribution in [0.4, 0.5) is 24.5 Å². The van der Waals surface area contributed by atoms with E-state index in [-0.39, 0.29) is 18.0 Å². The van der Waals surface area contributed by atoms with Crippen LogP contribution in [0, 0.1) is 0 Å². The van der Waals surface area contributed by atoms with Gasteiger partial charge in [-0.1, -0.05) is 0 Å². The normalized spacial score (nSPS) is 12.5. The molecule has 0 heterocycles. The van der Waals surface area contributed by atoms with Crippen molar-refractivity contribution >= 4 is 21.2 Å². The molecule has 4 nitrogen and oxygen atoms in total. The first-order chi connectivity index (χ1) is 8.50. The van der Waals surface area contributed by atoms with Gasteiger partial charge in [0, 0.05) is 19.8 Å². The Balaban J connectivity index is 2.91. The van der Waals surface area contributed by atoms with Gasteiger partial charge in [0.05, 0.1) is 22.7 Å². The number of nitrogen functional groups attached to an aromatic ring is 1. The molecule has 0 spiro atoms. The molecule has 0 unspecified atom stereocenters. The Bertz CT molecular complexity index is 556. The van der Waals surface area contributed by atoms with E-state index in [2.05, 4.69) is 0 Å². The average molecular weight is 296 g/mol. The Hall–Kier alpha value is -1.44. The zero-order valence-electron chi connectivity index (χ0n) is 10.5. The molecule has 0 amide bonds. The molecule has 0 aliphatic carbocycles. The number of hydrogen-bond acceptors (Lipinski definition) is 4. The van der Waals surface area contributed by atoms with Crippen LogP contribution in [0.3, 0.4) is 0 Å². The van der Waals surface area contributed by atoms with Crippen molar-refractivity contribution < 1.29 is 21.6 Å². The van der Waals surface area contributed by atoms with Crippen LogP contribution in [-0.2, 0) is 16.0 Å². The summed E-state index contributed by atoms with van der Waals surface area (Å²) in [4.78, 5) is 1.51. The molecule has 1 aromatic rings. The number of anilines is 2. The fraction of sp³-hybridized carbons (Fsp3) is 0.455. The van der Waals surface area contributed by atoms with Gasteiger partial charge in [0.15, 0.2) is 0 Å².